The average molecular weight is 366 g/mol. The number of amides is 2. The van der Waals surface area contributed by atoms with E-state index in [0.29, 0.717) is 35.7 Å². The third-order valence-electron chi connectivity index (χ3n) is 5.05. The Bertz CT molecular complexity index is 855. The predicted octanol–water partition coefficient (Wildman–Crippen LogP) is 2.76. The molecule has 4 rings (SSSR count). The second-order valence-electron chi connectivity index (χ2n) is 6.97. The Hall–Kier alpha value is -3.02. The van der Waals surface area contributed by atoms with Crippen LogP contribution in [-0.4, -0.2) is 42.6 Å². The van der Waals surface area contributed by atoms with E-state index in [1.54, 1.807) is 18.2 Å². The third-order valence-corrected chi connectivity index (χ3v) is 5.05. The standard InChI is InChI=1S/C21H22N2O4/c1-14-2-4-15(5-3-14)21(25)23-10-8-17(9-11-23)22-20(24)16-6-7-18-19(12-16)27-13-26-18/h2-7,12,17H,8-11,13H2,1H3,(H,22,24). The first-order chi connectivity index (χ1) is 13.1. The van der Waals surface area contributed by atoms with E-state index in [1.807, 2.05) is 36.1 Å². The number of fused-ring (bicyclic) bond motifs is 1. The van der Waals surface area contributed by atoms with Gasteiger partial charge in [-0.05, 0) is 50.1 Å². The van der Waals surface area contributed by atoms with Crippen molar-refractivity contribution in [2.75, 3.05) is 19.9 Å². The van der Waals surface area contributed by atoms with E-state index in [4.69, 9.17) is 9.47 Å². The highest BCUT2D eigenvalue weighted by molar-refractivity contribution is 5.95. The van der Waals surface area contributed by atoms with Crippen LogP contribution in [0.2, 0.25) is 0 Å². The molecule has 1 fully saturated rings. The SMILES string of the molecule is Cc1ccc(C(=O)N2CCC(NC(=O)c3ccc4c(c3)OCO4)CC2)cc1. The van der Waals surface area contributed by atoms with Gasteiger partial charge in [0.05, 0.1) is 0 Å². The predicted molar refractivity (Wildman–Crippen MR) is 100 cm³/mol. The third kappa shape index (κ3) is 3.74. The monoisotopic (exact) mass is 366 g/mol. The summed E-state index contributed by atoms with van der Waals surface area (Å²) in [4.78, 5) is 26.9. The van der Waals surface area contributed by atoms with Crippen LogP contribution in [0.15, 0.2) is 42.5 Å². The van der Waals surface area contributed by atoms with Crippen molar-refractivity contribution >= 4 is 11.8 Å². The van der Waals surface area contributed by atoms with Crippen molar-refractivity contribution in [3.63, 3.8) is 0 Å². The minimum atomic E-state index is -0.128. The number of nitrogens with zero attached hydrogens (tertiary/aromatic N) is 1. The summed E-state index contributed by atoms with van der Waals surface area (Å²) in [5.74, 6) is 1.18. The van der Waals surface area contributed by atoms with Gasteiger partial charge in [-0.15, -0.1) is 0 Å². The summed E-state index contributed by atoms with van der Waals surface area (Å²) in [5.41, 5.74) is 2.40. The number of aryl methyl sites for hydroxylation is 1. The number of ether oxygens (including phenoxy) is 2. The minimum absolute atomic E-state index is 0.0514. The first kappa shape index (κ1) is 17.4. The smallest absolute Gasteiger partial charge is 0.253 e. The van der Waals surface area contributed by atoms with Crippen LogP contribution >= 0.6 is 0 Å². The molecule has 1 saturated heterocycles. The molecule has 140 valence electrons. The number of rotatable bonds is 3. The van der Waals surface area contributed by atoms with E-state index < -0.39 is 0 Å². The first-order valence-electron chi connectivity index (χ1n) is 9.16. The number of benzene rings is 2. The van der Waals surface area contributed by atoms with Crippen molar-refractivity contribution < 1.29 is 19.1 Å². The lowest BCUT2D eigenvalue weighted by Gasteiger charge is -2.32. The second kappa shape index (κ2) is 7.31. The number of carbonyl (C=O) groups excluding carboxylic acids is 2. The molecule has 6 nitrogen and oxygen atoms in total. The molecule has 0 unspecified atom stereocenters. The van der Waals surface area contributed by atoms with E-state index in [9.17, 15) is 9.59 Å². The van der Waals surface area contributed by atoms with Crippen LogP contribution in [0.5, 0.6) is 11.5 Å². The van der Waals surface area contributed by atoms with Gasteiger partial charge < -0.3 is 19.7 Å². The molecular weight excluding hydrogens is 344 g/mol. The molecule has 0 bridgehead atoms. The Morgan fingerprint density at radius 2 is 1.63 bits per heavy atom. The molecule has 2 aliphatic heterocycles. The number of hydrogen-bond donors (Lipinski definition) is 1. The summed E-state index contributed by atoms with van der Waals surface area (Å²) in [6.45, 7) is 3.47. The van der Waals surface area contributed by atoms with Gasteiger partial charge in [0.15, 0.2) is 11.5 Å². The Balaban J connectivity index is 1.32. The van der Waals surface area contributed by atoms with Crippen molar-refractivity contribution in [3.05, 3.63) is 59.2 Å². The lowest BCUT2D eigenvalue weighted by molar-refractivity contribution is 0.0698. The number of nitrogens with one attached hydrogen (secondary N) is 1. The van der Waals surface area contributed by atoms with Crippen molar-refractivity contribution in [2.45, 2.75) is 25.8 Å². The van der Waals surface area contributed by atoms with Gasteiger partial charge in [0.1, 0.15) is 0 Å². The molecule has 0 atom stereocenters. The molecular formula is C21H22N2O4. The van der Waals surface area contributed by atoms with Crippen LogP contribution in [-0.2, 0) is 0 Å². The molecule has 2 amide bonds. The lowest BCUT2D eigenvalue weighted by Crippen LogP contribution is -2.46. The summed E-state index contributed by atoms with van der Waals surface area (Å²) in [7, 11) is 0. The molecule has 0 saturated carbocycles. The molecule has 0 aromatic heterocycles. The molecule has 0 radical (unpaired) electrons. The van der Waals surface area contributed by atoms with Crippen molar-refractivity contribution in [3.8, 4) is 11.5 Å². The molecule has 2 heterocycles. The Labute approximate surface area is 158 Å². The number of piperidine rings is 1. The van der Waals surface area contributed by atoms with Gasteiger partial charge in [-0.2, -0.15) is 0 Å². The molecule has 2 aromatic rings. The Morgan fingerprint density at radius 1 is 0.963 bits per heavy atom. The fourth-order valence-electron chi connectivity index (χ4n) is 3.41. The van der Waals surface area contributed by atoms with E-state index >= 15 is 0 Å². The maximum atomic E-state index is 12.6. The fourth-order valence-corrected chi connectivity index (χ4v) is 3.41. The highest BCUT2D eigenvalue weighted by Crippen LogP contribution is 2.32. The average Bonchev–Trinajstić information content (AvgIpc) is 3.16. The quantitative estimate of drug-likeness (QED) is 0.907. The summed E-state index contributed by atoms with van der Waals surface area (Å²) < 4.78 is 10.6. The summed E-state index contributed by atoms with van der Waals surface area (Å²) in [5, 5.41) is 3.06. The molecule has 2 aliphatic rings. The van der Waals surface area contributed by atoms with Crippen molar-refractivity contribution in [1.29, 1.82) is 0 Å². The maximum Gasteiger partial charge on any atom is 0.253 e. The fraction of sp³-hybridized carbons (Fsp3) is 0.333. The summed E-state index contributed by atoms with van der Waals surface area (Å²) in [6.07, 6.45) is 1.49. The molecule has 27 heavy (non-hydrogen) atoms. The second-order valence-corrected chi connectivity index (χ2v) is 6.97. The topological polar surface area (TPSA) is 67.9 Å². The largest absolute Gasteiger partial charge is 0.454 e. The molecule has 2 aromatic carbocycles. The van der Waals surface area contributed by atoms with Gasteiger partial charge in [-0.25, -0.2) is 0 Å². The normalized spacial score (nSPS) is 16.3. The van der Waals surface area contributed by atoms with Crippen LogP contribution in [0.4, 0.5) is 0 Å². The zero-order valence-electron chi connectivity index (χ0n) is 15.2. The van der Waals surface area contributed by atoms with Crippen LogP contribution in [0.3, 0.4) is 0 Å². The molecule has 0 spiro atoms. The molecule has 6 heteroatoms. The van der Waals surface area contributed by atoms with E-state index in [0.717, 1.165) is 18.4 Å². The van der Waals surface area contributed by atoms with E-state index in [2.05, 4.69) is 5.32 Å². The maximum absolute atomic E-state index is 12.6. The Kier molecular flexibility index (Phi) is 4.71. The Morgan fingerprint density at radius 3 is 2.37 bits per heavy atom. The molecule has 0 aliphatic carbocycles. The highest BCUT2D eigenvalue weighted by atomic mass is 16.7. The zero-order chi connectivity index (χ0) is 18.8. The number of likely N-dealkylation sites (tertiary alicyclic amines) is 1. The zero-order valence-corrected chi connectivity index (χ0v) is 15.2. The minimum Gasteiger partial charge on any atom is -0.454 e. The van der Waals surface area contributed by atoms with Gasteiger partial charge in [-0.3, -0.25) is 9.59 Å². The van der Waals surface area contributed by atoms with Gasteiger partial charge in [-0.1, -0.05) is 17.7 Å². The van der Waals surface area contributed by atoms with E-state index in [-0.39, 0.29) is 24.6 Å². The van der Waals surface area contributed by atoms with Gasteiger partial charge in [0, 0.05) is 30.3 Å². The van der Waals surface area contributed by atoms with E-state index in [1.165, 1.54) is 0 Å². The van der Waals surface area contributed by atoms with Gasteiger partial charge in [0.2, 0.25) is 6.79 Å². The van der Waals surface area contributed by atoms with Crippen molar-refractivity contribution in [1.82, 2.24) is 10.2 Å². The first-order valence-corrected chi connectivity index (χ1v) is 9.16. The van der Waals surface area contributed by atoms with Crippen LogP contribution in [0.1, 0.15) is 39.1 Å². The number of hydrogen-bond acceptors (Lipinski definition) is 4. The summed E-state index contributed by atoms with van der Waals surface area (Å²) >= 11 is 0. The van der Waals surface area contributed by atoms with Crippen LogP contribution in [0, 0.1) is 6.92 Å². The summed E-state index contributed by atoms with van der Waals surface area (Å²) in [6, 6.07) is 12.9. The van der Waals surface area contributed by atoms with Crippen molar-refractivity contribution in [2.24, 2.45) is 0 Å². The van der Waals surface area contributed by atoms with Crippen LogP contribution in [0.25, 0.3) is 0 Å². The lowest BCUT2D eigenvalue weighted by atomic mass is 10.0. The van der Waals surface area contributed by atoms with Gasteiger partial charge in [0.25, 0.3) is 11.8 Å². The highest BCUT2D eigenvalue weighted by Gasteiger charge is 2.25. The number of carbonyl (C=O) groups is 2. The van der Waals surface area contributed by atoms with Crippen LogP contribution < -0.4 is 14.8 Å². The molecule has 1 N–H and O–H groups in total. The van der Waals surface area contributed by atoms with Gasteiger partial charge >= 0.3 is 0 Å².